The Labute approximate surface area is 155 Å². The number of amides is 2. The molecule has 2 aliphatic rings. The Bertz CT molecular complexity index is 783. The van der Waals surface area contributed by atoms with Gasteiger partial charge in [-0.05, 0) is 12.0 Å². The number of carbonyl (C=O) groups is 2. The molecule has 26 heavy (non-hydrogen) atoms. The second kappa shape index (κ2) is 7.02. The van der Waals surface area contributed by atoms with E-state index in [1.54, 1.807) is 4.90 Å². The van der Waals surface area contributed by atoms with Gasteiger partial charge in [0.25, 0.3) is 0 Å². The summed E-state index contributed by atoms with van der Waals surface area (Å²) in [5.41, 5.74) is 0.912. The molecule has 1 atom stereocenters. The van der Waals surface area contributed by atoms with Crippen LogP contribution in [-0.4, -0.2) is 53.7 Å². The second-order valence-corrected chi connectivity index (χ2v) is 9.58. The van der Waals surface area contributed by atoms with Gasteiger partial charge < -0.3 is 9.80 Å². The summed E-state index contributed by atoms with van der Waals surface area (Å²) in [6, 6.07) is 9.44. The highest BCUT2D eigenvalue weighted by atomic mass is 32.2. The largest absolute Gasteiger partial charge is 0.342 e. The summed E-state index contributed by atoms with van der Waals surface area (Å²) >= 11 is 0. The minimum absolute atomic E-state index is 0.0636. The quantitative estimate of drug-likeness (QED) is 0.801. The molecule has 0 aliphatic carbocycles. The zero-order chi connectivity index (χ0) is 18.9. The zero-order valence-electron chi connectivity index (χ0n) is 15.3. The van der Waals surface area contributed by atoms with Gasteiger partial charge in [0, 0.05) is 38.4 Å². The Morgan fingerprint density at radius 1 is 1.19 bits per heavy atom. The smallest absolute Gasteiger partial charge is 0.239 e. The van der Waals surface area contributed by atoms with Crippen molar-refractivity contribution in [3.05, 3.63) is 35.9 Å². The number of hydrogen-bond acceptors (Lipinski definition) is 4. The molecule has 2 heterocycles. The molecule has 1 spiro atoms. The van der Waals surface area contributed by atoms with E-state index in [0.29, 0.717) is 13.1 Å². The number of carbonyl (C=O) groups excluding carboxylic acids is 2. The first-order valence-electron chi connectivity index (χ1n) is 9.16. The van der Waals surface area contributed by atoms with Gasteiger partial charge in [-0.2, -0.15) is 0 Å². The Balaban J connectivity index is 1.83. The Kier molecular flexibility index (Phi) is 5.10. The van der Waals surface area contributed by atoms with Crippen LogP contribution >= 0.6 is 0 Å². The van der Waals surface area contributed by atoms with E-state index in [1.165, 1.54) is 4.90 Å². The van der Waals surface area contributed by atoms with Crippen molar-refractivity contribution < 1.29 is 18.0 Å². The summed E-state index contributed by atoms with van der Waals surface area (Å²) in [5.74, 6) is -0.764. The molecule has 6 nitrogen and oxygen atoms in total. The molecule has 0 radical (unpaired) electrons. The predicted molar refractivity (Wildman–Crippen MR) is 98.8 cm³/mol. The molecule has 2 fully saturated rings. The number of hydrogen-bond donors (Lipinski definition) is 0. The van der Waals surface area contributed by atoms with Crippen LogP contribution in [0.5, 0.6) is 0 Å². The first kappa shape index (κ1) is 18.9. The Morgan fingerprint density at radius 3 is 2.38 bits per heavy atom. The van der Waals surface area contributed by atoms with Gasteiger partial charge in [0.1, 0.15) is 10.6 Å². The maximum atomic E-state index is 12.9. The van der Waals surface area contributed by atoms with Crippen molar-refractivity contribution in [2.75, 3.05) is 18.8 Å². The molecule has 7 heteroatoms. The summed E-state index contributed by atoms with van der Waals surface area (Å²) in [5, 5.41) is 0. The molecule has 0 N–H and O–H groups in total. The lowest BCUT2D eigenvalue weighted by molar-refractivity contribution is -0.138. The van der Waals surface area contributed by atoms with Gasteiger partial charge in [-0.25, -0.2) is 8.42 Å². The maximum absolute atomic E-state index is 12.9. The van der Waals surface area contributed by atoms with E-state index >= 15 is 0 Å². The number of nitrogens with zero attached hydrogens (tertiary/aromatic N) is 2. The van der Waals surface area contributed by atoms with Gasteiger partial charge in [0.05, 0.1) is 0 Å². The van der Waals surface area contributed by atoms with E-state index in [9.17, 15) is 18.0 Å². The summed E-state index contributed by atoms with van der Waals surface area (Å²) in [6.45, 7) is 4.90. The van der Waals surface area contributed by atoms with Gasteiger partial charge in [0.2, 0.25) is 11.8 Å². The van der Waals surface area contributed by atoms with Gasteiger partial charge in [-0.1, -0.05) is 44.2 Å². The molecule has 1 aromatic carbocycles. The molecule has 2 amide bonds. The highest BCUT2D eigenvalue weighted by molar-refractivity contribution is 7.93. The Morgan fingerprint density at radius 2 is 1.81 bits per heavy atom. The molecule has 3 rings (SSSR count). The molecule has 142 valence electrons. The van der Waals surface area contributed by atoms with Crippen LogP contribution in [0.4, 0.5) is 0 Å². The number of likely N-dealkylation sites (tertiary alicyclic amines) is 1. The van der Waals surface area contributed by atoms with Gasteiger partial charge in [-0.15, -0.1) is 0 Å². The first-order chi connectivity index (χ1) is 12.3. The third-order valence-corrected chi connectivity index (χ3v) is 8.17. The molecular formula is C19H26N2O4S. The molecular weight excluding hydrogens is 352 g/mol. The lowest BCUT2D eigenvalue weighted by Gasteiger charge is -2.43. The minimum atomic E-state index is -3.56. The van der Waals surface area contributed by atoms with Crippen LogP contribution in [0.15, 0.2) is 30.3 Å². The Hall–Kier alpha value is -1.89. The fourth-order valence-electron chi connectivity index (χ4n) is 3.91. The van der Waals surface area contributed by atoms with Crippen molar-refractivity contribution in [2.45, 2.75) is 44.5 Å². The first-order valence-corrected chi connectivity index (χ1v) is 10.8. The number of benzene rings is 1. The molecule has 0 saturated carbocycles. The van der Waals surface area contributed by atoms with Crippen molar-refractivity contribution >= 4 is 21.7 Å². The topological polar surface area (TPSA) is 74.8 Å². The van der Waals surface area contributed by atoms with E-state index in [1.807, 2.05) is 44.2 Å². The van der Waals surface area contributed by atoms with Crippen LogP contribution in [0.2, 0.25) is 0 Å². The van der Waals surface area contributed by atoms with Crippen LogP contribution in [0.1, 0.15) is 38.7 Å². The molecule has 1 unspecified atom stereocenters. The SMILES string of the molecule is CCC(C)C(=O)N1CCC2(CC1)N(Cc1ccccc1)C(=O)CS2(=O)=O. The molecule has 2 aliphatic heterocycles. The number of piperidine rings is 1. The van der Waals surface area contributed by atoms with Crippen molar-refractivity contribution in [1.29, 1.82) is 0 Å². The minimum Gasteiger partial charge on any atom is -0.342 e. The van der Waals surface area contributed by atoms with Crippen LogP contribution in [-0.2, 0) is 26.0 Å². The normalized spacial score (nSPS) is 22.6. The molecule has 1 aromatic rings. The van der Waals surface area contributed by atoms with Gasteiger partial charge in [-0.3, -0.25) is 9.59 Å². The monoisotopic (exact) mass is 378 g/mol. The maximum Gasteiger partial charge on any atom is 0.239 e. The second-order valence-electron chi connectivity index (χ2n) is 7.31. The van der Waals surface area contributed by atoms with E-state index in [0.717, 1.165) is 12.0 Å². The standard InChI is InChI=1S/C19H26N2O4S/c1-3-15(2)18(23)20-11-9-19(10-12-20)21(17(22)14-26(19,24)25)13-16-7-5-4-6-8-16/h4-8,15H,3,9-14H2,1-2H3. The zero-order valence-corrected chi connectivity index (χ0v) is 16.2. The average Bonchev–Trinajstić information content (AvgIpc) is 2.81. The van der Waals surface area contributed by atoms with Gasteiger partial charge in [0.15, 0.2) is 9.84 Å². The van der Waals surface area contributed by atoms with Crippen molar-refractivity contribution in [3.63, 3.8) is 0 Å². The number of sulfone groups is 1. The summed E-state index contributed by atoms with van der Waals surface area (Å²) in [4.78, 5) is 27.0. The van der Waals surface area contributed by atoms with Gasteiger partial charge >= 0.3 is 0 Å². The average molecular weight is 378 g/mol. The fourth-order valence-corrected chi connectivity index (χ4v) is 5.97. The predicted octanol–water partition coefficient (Wildman–Crippen LogP) is 1.81. The van der Waals surface area contributed by atoms with E-state index in [2.05, 4.69) is 0 Å². The van der Waals surface area contributed by atoms with Crippen molar-refractivity contribution in [1.82, 2.24) is 9.80 Å². The lowest BCUT2D eigenvalue weighted by atomic mass is 9.99. The van der Waals surface area contributed by atoms with Crippen molar-refractivity contribution in [2.24, 2.45) is 5.92 Å². The summed E-state index contributed by atoms with van der Waals surface area (Å²) in [6.07, 6.45) is 1.34. The van der Waals surface area contributed by atoms with E-state index < -0.39 is 20.5 Å². The number of rotatable bonds is 4. The third-order valence-electron chi connectivity index (χ3n) is 5.76. The van der Waals surface area contributed by atoms with Crippen LogP contribution < -0.4 is 0 Å². The van der Waals surface area contributed by atoms with E-state index in [-0.39, 0.29) is 37.1 Å². The fraction of sp³-hybridized carbons (Fsp3) is 0.579. The van der Waals surface area contributed by atoms with Crippen LogP contribution in [0.3, 0.4) is 0 Å². The van der Waals surface area contributed by atoms with Crippen LogP contribution in [0.25, 0.3) is 0 Å². The molecule has 0 aromatic heterocycles. The highest BCUT2D eigenvalue weighted by Gasteiger charge is 2.58. The van der Waals surface area contributed by atoms with Crippen molar-refractivity contribution in [3.8, 4) is 0 Å². The highest BCUT2D eigenvalue weighted by Crippen LogP contribution is 2.41. The summed E-state index contributed by atoms with van der Waals surface area (Å²) in [7, 11) is -3.56. The summed E-state index contributed by atoms with van der Waals surface area (Å²) < 4.78 is 25.7. The molecule has 0 bridgehead atoms. The third kappa shape index (κ3) is 3.13. The van der Waals surface area contributed by atoms with E-state index in [4.69, 9.17) is 0 Å². The lowest BCUT2D eigenvalue weighted by Crippen LogP contribution is -2.57. The van der Waals surface area contributed by atoms with Crippen LogP contribution in [0, 0.1) is 5.92 Å². The molecule has 2 saturated heterocycles.